The van der Waals surface area contributed by atoms with Gasteiger partial charge in [-0.15, -0.1) is 0 Å². The van der Waals surface area contributed by atoms with Gasteiger partial charge in [-0.3, -0.25) is 0 Å². The Morgan fingerprint density at radius 2 is 1.37 bits per heavy atom. The van der Waals surface area contributed by atoms with Gasteiger partial charge in [0, 0.05) is 0 Å². The van der Waals surface area contributed by atoms with E-state index < -0.39 is 0 Å². The summed E-state index contributed by atoms with van der Waals surface area (Å²) in [5.74, 6) is 0.986. The Morgan fingerprint density at radius 3 is 1.84 bits per heavy atom. The summed E-state index contributed by atoms with van der Waals surface area (Å²) in [6, 6.07) is 21.8. The largest absolute Gasteiger partial charge is 0.306 e. The summed E-state index contributed by atoms with van der Waals surface area (Å²) in [5, 5.41) is 3.72. The van der Waals surface area contributed by atoms with Crippen LogP contribution in [0, 0.1) is 5.92 Å². The second kappa shape index (κ2) is 6.03. The van der Waals surface area contributed by atoms with Gasteiger partial charge in [0.25, 0.3) is 0 Å². The zero-order chi connectivity index (χ0) is 12.9. The molecule has 0 spiro atoms. The Balaban J connectivity index is 1.74. The van der Waals surface area contributed by atoms with Crippen molar-refractivity contribution in [2.24, 2.45) is 5.92 Å². The van der Waals surface area contributed by atoms with Gasteiger partial charge in [0.1, 0.15) is 0 Å². The summed E-state index contributed by atoms with van der Waals surface area (Å²) in [6.45, 7) is 1.11. The Hall–Kier alpha value is -1.60. The number of nitrogens with one attached hydrogen (secondary N) is 1. The lowest BCUT2D eigenvalue weighted by molar-refractivity contribution is 0.561. The Bertz CT molecular complexity index is 448. The summed E-state index contributed by atoms with van der Waals surface area (Å²) >= 11 is 0. The summed E-state index contributed by atoms with van der Waals surface area (Å²) in [7, 11) is 0. The average Bonchev–Trinajstić information content (AvgIpc) is 3.30. The van der Waals surface area contributed by atoms with Gasteiger partial charge >= 0.3 is 0 Å². The van der Waals surface area contributed by atoms with Crippen LogP contribution >= 0.6 is 0 Å². The molecule has 0 radical (unpaired) electrons. The van der Waals surface area contributed by atoms with Crippen molar-refractivity contribution in [1.82, 2.24) is 5.32 Å². The molecule has 2 aromatic carbocycles. The number of hydrogen-bond acceptors (Lipinski definition) is 1. The molecule has 0 bridgehead atoms. The fourth-order valence-electron chi connectivity index (χ4n) is 2.56. The normalized spacial score (nSPS) is 14.8. The molecule has 0 aliphatic heterocycles. The van der Waals surface area contributed by atoms with E-state index in [0.29, 0.717) is 6.04 Å². The monoisotopic (exact) mass is 251 g/mol. The standard InChI is InChI=1S/C18H21N/c1-3-7-16(8-4-1)18(17-9-5-2-6-10-17)19-14-13-15-11-12-15/h1-10,15,18-19H,11-14H2. The summed E-state index contributed by atoms with van der Waals surface area (Å²) in [6.07, 6.45) is 4.18. The minimum Gasteiger partial charge on any atom is -0.306 e. The number of rotatable bonds is 6. The molecule has 0 unspecified atom stereocenters. The van der Waals surface area contributed by atoms with Crippen molar-refractivity contribution in [1.29, 1.82) is 0 Å². The van der Waals surface area contributed by atoms with E-state index in [1.807, 2.05) is 0 Å². The van der Waals surface area contributed by atoms with Crippen LogP contribution in [-0.4, -0.2) is 6.54 Å². The second-order valence-electron chi connectivity index (χ2n) is 5.44. The van der Waals surface area contributed by atoms with E-state index in [-0.39, 0.29) is 0 Å². The van der Waals surface area contributed by atoms with E-state index in [2.05, 4.69) is 66.0 Å². The molecule has 1 heteroatoms. The van der Waals surface area contributed by atoms with Crippen LogP contribution in [0.4, 0.5) is 0 Å². The first-order valence-corrected chi connectivity index (χ1v) is 7.27. The summed E-state index contributed by atoms with van der Waals surface area (Å²) in [5.41, 5.74) is 2.70. The predicted molar refractivity (Wildman–Crippen MR) is 80.1 cm³/mol. The second-order valence-corrected chi connectivity index (χ2v) is 5.44. The molecular formula is C18H21N. The zero-order valence-electron chi connectivity index (χ0n) is 11.3. The minimum atomic E-state index is 0.321. The summed E-state index contributed by atoms with van der Waals surface area (Å²) in [4.78, 5) is 0. The maximum atomic E-state index is 3.72. The molecule has 0 amide bonds. The van der Waals surface area contributed by atoms with Gasteiger partial charge in [-0.2, -0.15) is 0 Å². The van der Waals surface area contributed by atoms with E-state index in [9.17, 15) is 0 Å². The zero-order valence-corrected chi connectivity index (χ0v) is 11.3. The lowest BCUT2D eigenvalue weighted by Gasteiger charge is -2.20. The van der Waals surface area contributed by atoms with Crippen LogP contribution in [0.15, 0.2) is 60.7 Å². The third-order valence-electron chi connectivity index (χ3n) is 3.86. The van der Waals surface area contributed by atoms with Gasteiger partial charge in [-0.05, 0) is 30.0 Å². The molecule has 19 heavy (non-hydrogen) atoms. The van der Waals surface area contributed by atoms with Gasteiger partial charge in [-0.1, -0.05) is 73.5 Å². The Morgan fingerprint density at radius 1 is 0.842 bits per heavy atom. The molecule has 0 aromatic heterocycles. The van der Waals surface area contributed by atoms with E-state index in [1.165, 1.54) is 30.4 Å². The molecule has 0 saturated heterocycles. The molecule has 1 aliphatic carbocycles. The quantitative estimate of drug-likeness (QED) is 0.812. The highest BCUT2D eigenvalue weighted by Gasteiger charge is 2.21. The van der Waals surface area contributed by atoms with Crippen LogP contribution in [0.3, 0.4) is 0 Å². The van der Waals surface area contributed by atoms with Gasteiger partial charge in [-0.25, -0.2) is 0 Å². The van der Waals surface area contributed by atoms with E-state index in [1.54, 1.807) is 0 Å². The van der Waals surface area contributed by atoms with Crippen molar-refractivity contribution in [3.8, 4) is 0 Å². The fraction of sp³-hybridized carbons (Fsp3) is 0.333. The maximum absolute atomic E-state index is 3.72. The molecule has 1 fully saturated rings. The van der Waals surface area contributed by atoms with Crippen molar-refractivity contribution in [2.45, 2.75) is 25.3 Å². The van der Waals surface area contributed by atoms with Crippen molar-refractivity contribution in [3.63, 3.8) is 0 Å². The Kier molecular flexibility index (Phi) is 3.95. The first-order chi connectivity index (χ1) is 9.43. The van der Waals surface area contributed by atoms with Crippen molar-refractivity contribution >= 4 is 0 Å². The third kappa shape index (κ3) is 3.45. The number of benzene rings is 2. The van der Waals surface area contributed by atoms with Crippen molar-refractivity contribution < 1.29 is 0 Å². The summed E-state index contributed by atoms with van der Waals surface area (Å²) < 4.78 is 0. The van der Waals surface area contributed by atoms with Gasteiger partial charge in [0.15, 0.2) is 0 Å². The van der Waals surface area contributed by atoms with Crippen LogP contribution in [-0.2, 0) is 0 Å². The maximum Gasteiger partial charge on any atom is 0.0576 e. The van der Waals surface area contributed by atoms with Gasteiger partial charge in [0.05, 0.1) is 6.04 Å². The molecule has 3 rings (SSSR count). The molecule has 1 saturated carbocycles. The minimum absolute atomic E-state index is 0.321. The smallest absolute Gasteiger partial charge is 0.0576 e. The van der Waals surface area contributed by atoms with Crippen molar-refractivity contribution in [2.75, 3.05) is 6.54 Å². The molecule has 0 heterocycles. The van der Waals surface area contributed by atoms with E-state index in [4.69, 9.17) is 0 Å². The molecule has 1 aliphatic rings. The van der Waals surface area contributed by atoms with Crippen LogP contribution in [0.25, 0.3) is 0 Å². The lowest BCUT2D eigenvalue weighted by Crippen LogP contribution is -2.23. The highest BCUT2D eigenvalue weighted by Crippen LogP contribution is 2.32. The van der Waals surface area contributed by atoms with E-state index >= 15 is 0 Å². The lowest BCUT2D eigenvalue weighted by atomic mass is 9.98. The van der Waals surface area contributed by atoms with Crippen LogP contribution in [0.2, 0.25) is 0 Å². The van der Waals surface area contributed by atoms with E-state index in [0.717, 1.165) is 12.5 Å². The predicted octanol–water partition coefficient (Wildman–Crippen LogP) is 4.17. The Labute approximate surface area is 115 Å². The molecule has 1 nitrogen and oxygen atoms in total. The number of hydrogen-bond donors (Lipinski definition) is 1. The molecule has 98 valence electrons. The molecule has 0 atom stereocenters. The topological polar surface area (TPSA) is 12.0 Å². The molecular weight excluding hydrogens is 230 g/mol. The average molecular weight is 251 g/mol. The van der Waals surface area contributed by atoms with Crippen molar-refractivity contribution in [3.05, 3.63) is 71.8 Å². The fourth-order valence-corrected chi connectivity index (χ4v) is 2.56. The molecule has 1 N–H and O–H groups in total. The van der Waals surface area contributed by atoms with Crippen LogP contribution in [0.1, 0.15) is 36.4 Å². The van der Waals surface area contributed by atoms with Crippen LogP contribution in [0.5, 0.6) is 0 Å². The third-order valence-corrected chi connectivity index (χ3v) is 3.86. The van der Waals surface area contributed by atoms with Gasteiger partial charge < -0.3 is 5.32 Å². The highest BCUT2D eigenvalue weighted by atomic mass is 14.9. The first kappa shape index (κ1) is 12.4. The SMILES string of the molecule is c1ccc(C(NCCC2CC2)c2ccccc2)cc1. The first-order valence-electron chi connectivity index (χ1n) is 7.27. The van der Waals surface area contributed by atoms with Crippen LogP contribution < -0.4 is 5.32 Å². The molecule has 2 aromatic rings. The highest BCUT2D eigenvalue weighted by molar-refractivity contribution is 5.31. The van der Waals surface area contributed by atoms with Gasteiger partial charge in [0.2, 0.25) is 0 Å².